The van der Waals surface area contributed by atoms with E-state index in [1.807, 2.05) is 39.8 Å². The molecule has 170 valence electrons. The Morgan fingerprint density at radius 2 is 1.94 bits per heavy atom. The number of pyridine rings is 1. The van der Waals surface area contributed by atoms with Crippen LogP contribution in [0.3, 0.4) is 0 Å². The van der Waals surface area contributed by atoms with Crippen molar-refractivity contribution in [3.63, 3.8) is 0 Å². The summed E-state index contributed by atoms with van der Waals surface area (Å²) in [5.74, 6) is 0.795. The molecule has 0 radical (unpaired) electrons. The number of nitriles is 1. The smallest absolute Gasteiger partial charge is 0.333 e. The molecule has 0 spiro atoms. The number of hydrogen-bond acceptors (Lipinski definition) is 6. The van der Waals surface area contributed by atoms with Crippen molar-refractivity contribution in [3.05, 3.63) is 35.7 Å². The second-order valence-electron chi connectivity index (χ2n) is 9.79. The molecule has 9 nitrogen and oxygen atoms in total. The highest BCUT2D eigenvalue weighted by molar-refractivity contribution is 6.22. The zero-order valence-corrected chi connectivity index (χ0v) is 19.8. The van der Waals surface area contributed by atoms with Gasteiger partial charge in [0.15, 0.2) is 0 Å². The van der Waals surface area contributed by atoms with Gasteiger partial charge in [-0.3, -0.25) is 9.48 Å². The van der Waals surface area contributed by atoms with Gasteiger partial charge in [0.2, 0.25) is 0 Å². The van der Waals surface area contributed by atoms with Gasteiger partial charge in [-0.05, 0) is 38.5 Å². The number of hydrogen-bond donors (Lipinski definition) is 1. The van der Waals surface area contributed by atoms with Crippen molar-refractivity contribution < 1.29 is 9.59 Å². The van der Waals surface area contributed by atoms with Gasteiger partial charge in [0.25, 0.3) is 5.91 Å². The lowest BCUT2D eigenvalue weighted by atomic mass is 9.92. The third-order valence-electron chi connectivity index (χ3n) is 5.63. The van der Waals surface area contributed by atoms with E-state index in [4.69, 9.17) is 5.26 Å². The van der Waals surface area contributed by atoms with Crippen LogP contribution in [-0.2, 0) is 23.8 Å². The SMILES string of the molecule is C[C@@H](CC#N)Nc1cc(CN2C(=O)N(c3cc(C(C)(C)C)nn3C)C(=O)C2(C)C)ccn1. The first-order chi connectivity index (χ1) is 14.9. The van der Waals surface area contributed by atoms with Crippen LogP contribution in [0.4, 0.5) is 16.4 Å². The number of carbonyl (C=O) groups is 2. The zero-order valence-electron chi connectivity index (χ0n) is 19.8. The number of nitrogens with zero attached hydrogens (tertiary/aromatic N) is 6. The molecule has 0 aromatic carbocycles. The summed E-state index contributed by atoms with van der Waals surface area (Å²) in [6.45, 7) is 11.8. The molecule has 0 unspecified atom stereocenters. The molecule has 3 heterocycles. The van der Waals surface area contributed by atoms with Crippen molar-refractivity contribution in [2.75, 3.05) is 10.2 Å². The Morgan fingerprint density at radius 3 is 2.53 bits per heavy atom. The van der Waals surface area contributed by atoms with Gasteiger partial charge in [-0.2, -0.15) is 10.4 Å². The molecule has 3 rings (SSSR count). The second-order valence-corrected chi connectivity index (χ2v) is 9.79. The Labute approximate surface area is 189 Å². The monoisotopic (exact) mass is 437 g/mol. The van der Waals surface area contributed by atoms with Gasteiger partial charge in [-0.25, -0.2) is 14.7 Å². The van der Waals surface area contributed by atoms with Crippen LogP contribution < -0.4 is 10.2 Å². The van der Waals surface area contributed by atoms with Crippen molar-refractivity contribution in [2.45, 2.75) is 71.5 Å². The van der Waals surface area contributed by atoms with E-state index in [0.717, 1.165) is 11.3 Å². The van der Waals surface area contributed by atoms with Crippen molar-refractivity contribution in [1.29, 1.82) is 5.26 Å². The Balaban J connectivity index is 1.88. The zero-order chi connectivity index (χ0) is 23.8. The first-order valence-corrected chi connectivity index (χ1v) is 10.7. The standard InChI is InChI=1S/C23H31N7O2/c1-15(8-10-24)26-18-12-16(9-11-25-18)14-29-21(32)30(20(31)23(29,5)6)19-13-17(22(2,3)4)27-28(19)7/h9,11-13,15H,8,14H2,1-7H3,(H,25,26)/t15-/m0/s1. The van der Waals surface area contributed by atoms with Gasteiger partial charge >= 0.3 is 6.03 Å². The third-order valence-corrected chi connectivity index (χ3v) is 5.63. The van der Waals surface area contributed by atoms with Crippen molar-refractivity contribution in [2.24, 2.45) is 7.05 Å². The highest BCUT2D eigenvalue weighted by Gasteiger charge is 2.52. The second kappa shape index (κ2) is 8.26. The van der Waals surface area contributed by atoms with E-state index >= 15 is 0 Å². The highest BCUT2D eigenvalue weighted by atomic mass is 16.2. The Hall–Kier alpha value is -3.41. The molecule has 3 amide bonds. The number of anilines is 2. The number of amides is 3. The highest BCUT2D eigenvalue weighted by Crippen LogP contribution is 2.35. The van der Waals surface area contributed by atoms with Gasteiger partial charge in [-0.1, -0.05) is 20.8 Å². The van der Waals surface area contributed by atoms with Crippen LogP contribution >= 0.6 is 0 Å². The molecule has 2 aromatic heterocycles. The summed E-state index contributed by atoms with van der Waals surface area (Å²) in [5.41, 5.74) is 0.417. The summed E-state index contributed by atoms with van der Waals surface area (Å²) >= 11 is 0. The number of rotatable bonds is 6. The summed E-state index contributed by atoms with van der Waals surface area (Å²) in [5, 5.41) is 16.6. The van der Waals surface area contributed by atoms with Crippen LogP contribution in [0.1, 0.15) is 59.2 Å². The van der Waals surface area contributed by atoms with Crippen LogP contribution in [0, 0.1) is 11.3 Å². The summed E-state index contributed by atoms with van der Waals surface area (Å²) in [6, 6.07) is 7.16. The van der Waals surface area contributed by atoms with E-state index in [2.05, 4.69) is 21.5 Å². The lowest BCUT2D eigenvalue weighted by Crippen LogP contribution is -2.43. The van der Waals surface area contributed by atoms with E-state index in [9.17, 15) is 9.59 Å². The molecule has 32 heavy (non-hydrogen) atoms. The average molecular weight is 438 g/mol. The average Bonchev–Trinajstić information content (AvgIpc) is 3.14. The third kappa shape index (κ3) is 4.31. The van der Waals surface area contributed by atoms with Crippen molar-refractivity contribution in [3.8, 4) is 6.07 Å². The Kier molecular flexibility index (Phi) is 6.00. The van der Waals surface area contributed by atoms with Crippen molar-refractivity contribution >= 4 is 23.6 Å². The number of aryl methyl sites for hydroxylation is 1. The predicted octanol–water partition coefficient (Wildman–Crippen LogP) is 3.57. The van der Waals surface area contributed by atoms with Gasteiger partial charge in [0.1, 0.15) is 17.2 Å². The fourth-order valence-corrected chi connectivity index (χ4v) is 3.61. The van der Waals surface area contributed by atoms with Gasteiger partial charge in [0, 0.05) is 37.3 Å². The van der Waals surface area contributed by atoms with E-state index < -0.39 is 5.54 Å². The molecule has 1 aliphatic heterocycles. The molecule has 0 saturated carbocycles. The molecule has 1 atom stereocenters. The number of carbonyl (C=O) groups excluding carboxylic acids is 2. The summed E-state index contributed by atoms with van der Waals surface area (Å²) < 4.78 is 1.58. The molecular formula is C23H31N7O2. The first kappa shape index (κ1) is 23.3. The molecule has 0 bridgehead atoms. The molecule has 1 saturated heterocycles. The summed E-state index contributed by atoms with van der Waals surface area (Å²) in [4.78, 5) is 33.8. The Bertz CT molecular complexity index is 1070. The molecule has 2 aromatic rings. The molecule has 9 heteroatoms. The molecular weight excluding hydrogens is 406 g/mol. The van der Waals surface area contributed by atoms with Crippen LogP contribution in [0.5, 0.6) is 0 Å². The Morgan fingerprint density at radius 1 is 1.25 bits per heavy atom. The molecule has 1 N–H and O–H groups in total. The minimum atomic E-state index is -1.02. The summed E-state index contributed by atoms with van der Waals surface area (Å²) in [7, 11) is 1.74. The molecule has 1 aliphatic rings. The number of imide groups is 1. The van der Waals surface area contributed by atoms with Crippen LogP contribution in [0.15, 0.2) is 24.4 Å². The predicted molar refractivity (Wildman–Crippen MR) is 122 cm³/mol. The van der Waals surface area contributed by atoms with Crippen LogP contribution in [-0.4, -0.2) is 43.2 Å². The number of urea groups is 1. The maximum atomic E-state index is 13.4. The van der Waals surface area contributed by atoms with Crippen molar-refractivity contribution in [1.82, 2.24) is 19.7 Å². The fourth-order valence-electron chi connectivity index (χ4n) is 3.61. The first-order valence-electron chi connectivity index (χ1n) is 10.7. The van der Waals surface area contributed by atoms with Gasteiger partial charge < -0.3 is 10.2 Å². The maximum absolute atomic E-state index is 13.4. The molecule has 1 fully saturated rings. The minimum Gasteiger partial charge on any atom is -0.367 e. The summed E-state index contributed by atoms with van der Waals surface area (Å²) in [6.07, 6.45) is 2.01. The van der Waals surface area contributed by atoms with Crippen LogP contribution in [0.25, 0.3) is 0 Å². The minimum absolute atomic E-state index is 0.0495. The maximum Gasteiger partial charge on any atom is 0.333 e. The molecule has 0 aliphatic carbocycles. The number of aromatic nitrogens is 3. The van der Waals surface area contributed by atoms with Crippen LogP contribution in [0.2, 0.25) is 0 Å². The topological polar surface area (TPSA) is 107 Å². The van der Waals surface area contributed by atoms with E-state index in [1.54, 1.807) is 42.7 Å². The van der Waals surface area contributed by atoms with E-state index in [0.29, 0.717) is 18.1 Å². The quantitative estimate of drug-likeness (QED) is 0.692. The van der Waals surface area contributed by atoms with E-state index in [-0.39, 0.29) is 29.9 Å². The lowest BCUT2D eigenvalue weighted by molar-refractivity contribution is -0.123. The fraction of sp³-hybridized carbons (Fsp3) is 0.522. The van der Waals surface area contributed by atoms with Gasteiger partial charge in [-0.15, -0.1) is 0 Å². The normalized spacial score (nSPS) is 16.9. The van der Waals surface area contributed by atoms with E-state index in [1.165, 1.54) is 4.90 Å². The largest absolute Gasteiger partial charge is 0.367 e. The van der Waals surface area contributed by atoms with Gasteiger partial charge in [0.05, 0.1) is 18.2 Å². The number of nitrogens with one attached hydrogen (secondary N) is 1. The lowest BCUT2D eigenvalue weighted by Gasteiger charge is -2.27.